The Labute approximate surface area is 218 Å². The molecule has 8 nitrogen and oxygen atoms in total. The van der Waals surface area contributed by atoms with Crippen molar-refractivity contribution in [2.45, 2.75) is 82.8 Å². The van der Waals surface area contributed by atoms with Gasteiger partial charge in [0.05, 0.1) is 7.11 Å². The Balaban J connectivity index is 1.56. The number of carbonyl (C=O) groups is 2. The molecule has 4 rings (SSSR count). The minimum atomic E-state index is -0.762. The van der Waals surface area contributed by atoms with Crippen LogP contribution in [0.2, 0.25) is 0 Å². The minimum absolute atomic E-state index is 0.0489. The molecule has 1 spiro atoms. The van der Waals surface area contributed by atoms with Gasteiger partial charge in [-0.3, -0.25) is 0 Å². The zero-order valence-corrected chi connectivity index (χ0v) is 23.3. The predicted octanol–water partition coefficient (Wildman–Crippen LogP) is 4.13. The zero-order valence-electron chi connectivity index (χ0n) is 22.5. The van der Waals surface area contributed by atoms with E-state index in [1.54, 1.807) is 39.6 Å². The number of esters is 1. The topological polar surface area (TPSA) is 86.3 Å². The molecule has 1 aromatic carbocycles. The zero-order chi connectivity index (χ0) is 26.3. The second-order valence-corrected chi connectivity index (χ2v) is 12.2. The van der Waals surface area contributed by atoms with Gasteiger partial charge in [0.15, 0.2) is 11.5 Å². The van der Waals surface area contributed by atoms with Crippen LogP contribution in [0.3, 0.4) is 0 Å². The highest BCUT2D eigenvalue weighted by atomic mass is 32.2. The van der Waals surface area contributed by atoms with E-state index in [-0.39, 0.29) is 23.5 Å². The Morgan fingerprint density at radius 3 is 2.75 bits per heavy atom. The summed E-state index contributed by atoms with van der Waals surface area (Å²) < 4.78 is 23.7. The molecule has 1 fully saturated rings. The van der Waals surface area contributed by atoms with Gasteiger partial charge in [0.1, 0.15) is 23.9 Å². The maximum atomic E-state index is 13.3. The first-order chi connectivity index (χ1) is 17.0. The summed E-state index contributed by atoms with van der Waals surface area (Å²) in [5, 5.41) is 2.73. The van der Waals surface area contributed by atoms with Crippen molar-refractivity contribution in [3.63, 3.8) is 0 Å². The van der Waals surface area contributed by atoms with E-state index in [0.29, 0.717) is 18.6 Å². The van der Waals surface area contributed by atoms with Crippen molar-refractivity contribution >= 4 is 23.8 Å². The van der Waals surface area contributed by atoms with Gasteiger partial charge in [0.2, 0.25) is 0 Å². The van der Waals surface area contributed by atoms with Gasteiger partial charge >= 0.3 is 12.1 Å². The number of methoxy groups -OCH3 is 1. The number of benzene rings is 1. The van der Waals surface area contributed by atoms with Crippen LogP contribution in [-0.4, -0.2) is 73.5 Å². The van der Waals surface area contributed by atoms with Crippen molar-refractivity contribution < 1.29 is 28.5 Å². The summed E-state index contributed by atoms with van der Waals surface area (Å²) in [6.45, 7) is 9.33. The minimum Gasteiger partial charge on any atom is -0.493 e. The highest BCUT2D eigenvalue weighted by molar-refractivity contribution is 7.98. The molecule has 9 heteroatoms. The number of hydrogen-bond donors (Lipinski definition) is 1. The van der Waals surface area contributed by atoms with Crippen LogP contribution < -0.4 is 14.8 Å². The number of rotatable bonds is 7. The van der Waals surface area contributed by atoms with Crippen molar-refractivity contribution in [2.75, 3.05) is 32.7 Å². The normalized spacial score (nSPS) is 27.8. The number of carbonyl (C=O) groups excluding carboxylic acids is 2. The Kier molecular flexibility index (Phi) is 7.72. The number of hydrogen-bond acceptors (Lipinski definition) is 8. The summed E-state index contributed by atoms with van der Waals surface area (Å²) >= 11 is 1.62. The molecule has 200 valence electrons. The number of nitrogens with zero attached hydrogens (tertiary/aromatic N) is 1. The van der Waals surface area contributed by atoms with Crippen LogP contribution in [0.25, 0.3) is 0 Å². The van der Waals surface area contributed by atoms with E-state index in [1.807, 2.05) is 12.3 Å². The monoisotopic (exact) mass is 520 g/mol. The van der Waals surface area contributed by atoms with Gasteiger partial charge in [0.25, 0.3) is 0 Å². The molecule has 1 aliphatic carbocycles. The quantitative estimate of drug-likeness (QED) is 0.537. The average Bonchev–Trinajstić information content (AvgIpc) is 3.19. The van der Waals surface area contributed by atoms with Gasteiger partial charge in [-0.25, -0.2) is 9.59 Å². The molecule has 2 aliphatic heterocycles. The second-order valence-electron chi connectivity index (χ2n) is 11.2. The van der Waals surface area contributed by atoms with E-state index in [1.165, 1.54) is 11.1 Å². The Morgan fingerprint density at radius 2 is 2.08 bits per heavy atom. The largest absolute Gasteiger partial charge is 0.493 e. The maximum absolute atomic E-state index is 13.3. The van der Waals surface area contributed by atoms with E-state index < -0.39 is 23.7 Å². The molecule has 0 aromatic heterocycles. The van der Waals surface area contributed by atoms with Gasteiger partial charge in [-0.05, 0) is 70.8 Å². The van der Waals surface area contributed by atoms with Crippen molar-refractivity contribution in [3.8, 4) is 11.5 Å². The first kappa shape index (κ1) is 26.9. The third kappa shape index (κ3) is 5.01. The smallest absolute Gasteiger partial charge is 0.408 e. The highest BCUT2D eigenvalue weighted by Gasteiger charge is 2.62. The molecule has 1 amide bonds. The lowest BCUT2D eigenvalue weighted by molar-refractivity contribution is -0.153. The molecule has 3 aliphatic rings. The standard InChI is InChI=1S/C27H40N2O6S/c1-16-20(33-24(30)18(10-13-36-7)28-25(31)35-26(2,3)4)14-21-27(16)11-12-29(5)15-17-8-9-19(32-6)23(34-21)22(17)27/h8-9,16,18,20-21H,10-15H2,1-7H3,(H,28,31)/t16?,18-,20-,21+,27-/m1/s1. The maximum Gasteiger partial charge on any atom is 0.408 e. The Morgan fingerprint density at radius 1 is 1.33 bits per heavy atom. The van der Waals surface area contributed by atoms with Crippen LogP contribution in [0.4, 0.5) is 4.79 Å². The molecule has 0 bridgehead atoms. The lowest BCUT2D eigenvalue weighted by Gasteiger charge is -2.34. The van der Waals surface area contributed by atoms with Crippen LogP contribution in [0.1, 0.15) is 58.1 Å². The highest BCUT2D eigenvalue weighted by Crippen LogP contribution is 2.61. The van der Waals surface area contributed by atoms with Gasteiger partial charge in [-0.2, -0.15) is 11.8 Å². The van der Waals surface area contributed by atoms with Crippen LogP contribution in [0, 0.1) is 5.92 Å². The van der Waals surface area contributed by atoms with Crippen LogP contribution in [0.15, 0.2) is 12.1 Å². The summed E-state index contributed by atoms with van der Waals surface area (Å²) in [6.07, 6.45) is 2.96. The molecule has 1 aromatic rings. The number of thioether (sulfide) groups is 1. The van der Waals surface area contributed by atoms with Crippen molar-refractivity contribution in [3.05, 3.63) is 23.3 Å². The van der Waals surface area contributed by atoms with E-state index >= 15 is 0 Å². The fraction of sp³-hybridized carbons (Fsp3) is 0.704. The van der Waals surface area contributed by atoms with Gasteiger partial charge < -0.3 is 29.2 Å². The van der Waals surface area contributed by atoms with Crippen molar-refractivity contribution in [2.24, 2.45) is 5.92 Å². The van der Waals surface area contributed by atoms with E-state index in [0.717, 1.165) is 31.0 Å². The molecule has 2 heterocycles. The summed E-state index contributed by atoms with van der Waals surface area (Å²) in [6, 6.07) is 3.37. The molecule has 1 saturated carbocycles. The van der Waals surface area contributed by atoms with Crippen molar-refractivity contribution in [1.29, 1.82) is 0 Å². The summed E-state index contributed by atoms with van der Waals surface area (Å²) in [5.74, 6) is 1.95. The molecule has 36 heavy (non-hydrogen) atoms. The van der Waals surface area contributed by atoms with Gasteiger partial charge in [-0.15, -0.1) is 0 Å². The van der Waals surface area contributed by atoms with Crippen LogP contribution >= 0.6 is 11.8 Å². The first-order valence-electron chi connectivity index (χ1n) is 12.7. The summed E-state index contributed by atoms with van der Waals surface area (Å²) in [5.41, 5.74) is 1.57. The molecular formula is C27H40N2O6S. The van der Waals surface area contributed by atoms with Crippen LogP contribution in [-0.2, 0) is 26.2 Å². The van der Waals surface area contributed by atoms with E-state index in [9.17, 15) is 9.59 Å². The fourth-order valence-electron chi connectivity index (χ4n) is 6.03. The van der Waals surface area contributed by atoms with Gasteiger partial charge in [-0.1, -0.05) is 13.0 Å². The van der Waals surface area contributed by atoms with E-state index in [2.05, 4.69) is 30.3 Å². The van der Waals surface area contributed by atoms with Crippen LogP contribution in [0.5, 0.6) is 11.5 Å². The third-order valence-electron chi connectivity index (χ3n) is 7.75. The molecule has 0 radical (unpaired) electrons. The molecule has 1 unspecified atom stereocenters. The Bertz CT molecular complexity index is 995. The SMILES string of the molecule is COc1ccc2c3c1O[C@H]1C[C@@H](OC(=O)[C@@H](CCSC)NC(=O)OC(C)(C)C)C(C)[C@@]31CCN(C)C2. The first-order valence-corrected chi connectivity index (χ1v) is 14.1. The number of amides is 1. The summed E-state index contributed by atoms with van der Waals surface area (Å²) in [4.78, 5) is 28.1. The molecular weight excluding hydrogens is 480 g/mol. The number of nitrogens with one attached hydrogen (secondary N) is 1. The Hall–Kier alpha value is -2.13. The third-order valence-corrected chi connectivity index (χ3v) is 8.39. The molecule has 0 saturated heterocycles. The summed E-state index contributed by atoms with van der Waals surface area (Å²) in [7, 11) is 3.81. The number of ether oxygens (including phenoxy) is 4. The molecule has 5 atom stereocenters. The lowest BCUT2D eigenvalue weighted by atomic mass is 9.69. The second kappa shape index (κ2) is 10.3. The van der Waals surface area contributed by atoms with Gasteiger partial charge in [0, 0.05) is 29.9 Å². The van der Waals surface area contributed by atoms with Crippen molar-refractivity contribution in [1.82, 2.24) is 10.2 Å². The average molecular weight is 521 g/mol. The van der Waals surface area contributed by atoms with E-state index in [4.69, 9.17) is 18.9 Å². The fourth-order valence-corrected chi connectivity index (χ4v) is 6.51. The predicted molar refractivity (Wildman–Crippen MR) is 140 cm³/mol. The lowest BCUT2D eigenvalue weighted by Crippen LogP contribution is -2.46. The molecule has 1 N–H and O–H groups in total. The number of alkyl carbamates (subject to hydrolysis) is 1.